The molecule has 2 heterocycles. The molecular formula is C18H19ClF3N5O3S. The van der Waals surface area contributed by atoms with Gasteiger partial charge in [0.25, 0.3) is 11.8 Å². The Morgan fingerprint density at radius 1 is 1.48 bits per heavy atom. The number of hydrogen-bond donors (Lipinski definition) is 0. The Kier molecular flexibility index (Phi) is 6.99. The van der Waals surface area contributed by atoms with Crippen LogP contribution in [0.15, 0.2) is 29.8 Å². The number of carbonyl (C=O) groups excluding carboxylic acids is 1. The van der Waals surface area contributed by atoms with Gasteiger partial charge < -0.3 is 9.74 Å². The van der Waals surface area contributed by atoms with Crippen LogP contribution in [0.5, 0.6) is 0 Å². The minimum Gasteiger partial charge on any atom is -0.399 e. The molecule has 2 atom stereocenters. The number of carbonyl (C=O) groups is 1. The van der Waals surface area contributed by atoms with Gasteiger partial charge in [0.15, 0.2) is 10.9 Å². The Balaban J connectivity index is 1.80. The van der Waals surface area contributed by atoms with Gasteiger partial charge in [-0.3, -0.25) is 14.0 Å². The van der Waals surface area contributed by atoms with Crippen LogP contribution in [0, 0.1) is 11.7 Å². The molecule has 2 aromatic heterocycles. The van der Waals surface area contributed by atoms with Gasteiger partial charge in [0.05, 0.1) is 30.0 Å². The second-order valence-corrected chi connectivity index (χ2v) is 8.65. The van der Waals surface area contributed by atoms with E-state index in [9.17, 15) is 22.2 Å². The Bertz CT molecular complexity index is 1030. The summed E-state index contributed by atoms with van der Waals surface area (Å²) in [5.41, 5.74) is 0.276. The zero-order valence-corrected chi connectivity index (χ0v) is 18.2. The van der Waals surface area contributed by atoms with Crippen molar-refractivity contribution in [2.45, 2.75) is 19.3 Å². The van der Waals surface area contributed by atoms with Gasteiger partial charge in [-0.25, -0.2) is 17.9 Å². The molecule has 0 saturated heterocycles. The SMILES string of the molecule is CCN(C(=O)/C(CS(=O)CC1CC1(F)F)=N\OC)c1cn(-c2cncc(F)c2)nc1Cl. The van der Waals surface area contributed by atoms with Crippen molar-refractivity contribution < 1.29 is 27.0 Å². The first-order chi connectivity index (χ1) is 14.7. The average Bonchev–Trinajstić information content (AvgIpc) is 3.12. The summed E-state index contributed by atoms with van der Waals surface area (Å²) in [7, 11) is -0.524. The van der Waals surface area contributed by atoms with E-state index in [0.717, 1.165) is 6.20 Å². The lowest BCUT2D eigenvalue weighted by Crippen LogP contribution is -2.39. The minimum absolute atomic E-state index is 0.0463. The summed E-state index contributed by atoms with van der Waals surface area (Å²) in [5.74, 6) is -5.59. The second-order valence-electron chi connectivity index (χ2n) is 6.79. The highest BCUT2D eigenvalue weighted by atomic mass is 35.5. The third-order valence-corrected chi connectivity index (χ3v) is 6.19. The van der Waals surface area contributed by atoms with Crippen LogP contribution in [0.25, 0.3) is 5.69 Å². The van der Waals surface area contributed by atoms with Gasteiger partial charge >= 0.3 is 0 Å². The number of oxime groups is 1. The molecule has 1 aliphatic carbocycles. The van der Waals surface area contributed by atoms with Crippen molar-refractivity contribution in [3.8, 4) is 5.69 Å². The number of nitrogens with zero attached hydrogens (tertiary/aromatic N) is 5. The number of halogens is 4. The van der Waals surface area contributed by atoms with Crippen LogP contribution in [0.1, 0.15) is 13.3 Å². The topological polar surface area (TPSA) is 89.7 Å². The van der Waals surface area contributed by atoms with E-state index in [-0.39, 0.29) is 46.7 Å². The first-order valence-corrected chi connectivity index (χ1v) is 11.0. The summed E-state index contributed by atoms with van der Waals surface area (Å²) in [6.07, 6.45) is 3.49. The molecule has 13 heteroatoms. The van der Waals surface area contributed by atoms with Crippen molar-refractivity contribution in [3.63, 3.8) is 0 Å². The van der Waals surface area contributed by atoms with E-state index in [0.29, 0.717) is 0 Å². The Labute approximate surface area is 183 Å². The number of pyridine rings is 1. The van der Waals surface area contributed by atoms with Crippen LogP contribution in [0.4, 0.5) is 18.9 Å². The molecule has 0 spiro atoms. The van der Waals surface area contributed by atoms with Crippen molar-refractivity contribution in [1.29, 1.82) is 0 Å². The first-order valence-electron chi connectivity index (χ1n) is 9.17. The van der Waals surface area contributed by atoms with Crippen molar-refractivity contribution in [1.82, 2.24) is 14.8 Å². The fourth-order valence-corrected chi connectivity index (χ4v) is 4.53. The van der Waals surface area contributed by atoms with E-state index < -0.39 is 34.4 Å². The molecule has 2 unspecified atom stereocenters. The van der Waals surface area contributed by atoms with Crippen LogP contribution >= 0.6 is 11.6 Å². The van der Waals surface area contributed by atoms with E-state index in [1.54, 1.807) is 6.92 Å². The number of hydrogen-bond acceptors (Lipinski definition) is 6. The Morgan fingerprint density at radius 2 is 2.19 bits per heavy atom. The summed E-state index contributed by atoms with van der Waals surface area (Å²) in [6.45, 7) is 1.81. The van der Waals surface area contributed by atoms with Crippen LogP contribution in [0.2, 0.25) is 5.15 Å². The van der Waals surface area contributed by atoms with Crippen molar-refractivity contribution in [2.24, 2.45) is 11.1 Å². The fraction of sp³-hybridized carbons (Fsp3) is 0.444. The standard InChI is InChI=1S/C18H19ClF3N5O3S/c1-3-26(15-8-27(24-16(15)19)13-4-12(20)6-23-7-13)17(28)14(25-30-2)10-31(29)9-11-5-18(11,21)22/h4,6-8,11H,3,5,9-10H2,1-2H3/b25-14-. The highest BCUT2D eigenvalue weighted by molar-refractivity contribution is 7.85. The fourth-order valence-electron chi connectivity index (χ4n) is 2.89. The summed E-state index contributed by atoms with van der Waals surface area (Å²) in [6, 6.07) is 1.19. The second kappa shape index (κ2) is 9.35. The zero-order valence-electron chi connectivity index (χ0n) is 16.6. The molecule has 1 aliphatic rings. The number of aromatic nitrogens is 3. The summed E-state index contributed by atoms with van der Waals surface area (Å²) in [5, 5.41) is 7.67. The lowest BCUT2D eigenvalue weighted by atomic mass is 10.3. The van der Waals surface area contributed by atoms with Crippen LogP contribution in [0.3, 0.4) is 0 Å². The molecule has 1 saturated carbocycles. The van der Waals surface area contributed by atoms with Gasteiger partial charge in [-0.2, -0.15) is 5.10 Å². The van der Waals surface area contributed by atoms with Gasteiger partial charge in [-0.05, 0) is 6.92 Å². The Morgan fingerprint density at radius 3 is 2.77 bits per heavy atom. The first kappa shape index (κ1) is 23.2. The third-order valence-electron chi connectivity index (χ3n) is 4.55. The molecule has 2 aromatic rings. The monoisotopic (exact) mass is 477 g/mol. The van der Waals surface area contributed by atoms with Gasteiger partial charge in [0.1, 0.15) is 18.6 Å². The molecule has 0 radical (unpaired) electrons. The molecule has 8 nitrogen and oxygen atoms in total. The van der Waals surface area contributed by atoms with Crippen LogP contribution < -0.4 is 4.90 Å². The van der Waals surface area contributed by atoms with Crippen LogP contribution in [-0.4, -0.2) is 61.7 Å². The van der Waals surface area contributed by atoms with Gasteiger partial charge in [-0.1, -0.05) is 16.8 Å². The third kappa shape index (κ3) is 5.42. The minimum atomic E-state index is -2.80. The number of alkyl halides is 2. The van der Waals surface area contributed by atoms with Crippen molar-refractivity contribution in [3.05, 3.63) is 35.6 Å². The van der Waals surface area contributed by atoms with Crippen molar-refractivity contribution >= 4 is 39.7 Å². The van der Waals surface area contributed by atoms with Gasteiger partial charge in [-0.15, -0.1) is 0 Å². The predicted octanol–water partition coefficient (Wildman–Crippen LogP) is 2.82. The summed E-state index contributed by atoms with van der Waals surface area (Å²) >= 11 is 6.19. The van der Waals surface area contributed by atoms with E-state index in [4.69, 9.17) is 16.4 Å². The normalized spacial score (nSPS) is 18.5. The van der Waals surface area contributed by atoms with Crippen molar-refractivity contribution in [2.75, 3.05) is 30.1 Å². The average molecular weight is 478 g/mol. The maximum Gasteiger partial charge on any atom is 0.277 e. The summed E-state index contributed by atoms with van der Waals surface area (Å²) in [4.78, 5) is 22.7. The summed E-state index contributed by atoms with van der Waals surface area (Å²) < 4.78 is 53.2. The number of rotatable bonds is 9. The molecule has 0 N–H and O–H groups in total. The largest absolute Gasteiger partial charge is 0.399 e. The van der Waals surface area contributed by atoms with E-state index >= 15 is 0 Å². The molecule has 1 amide bonds. The molecule has 168 valence electrons. The number of anilines is 1. The molecule has 0 bridgehead atoms. The molecule has 3 rings (SSSR count). The predicted molar refractivity (Wildman–Crippen MR) is 110 cm³/mol. The van der Waals surface area contributed by atoms with E-state index in [1.165, 1.54) is 35.2 Å². The molecule has 1 fully saturated rings. The smallest absolute Gasteiger partial charge is 0.277 e. The molecule has 0 aliphatic heterocycles. The molecule has 0 aromatic carbocycles. The maximum atomic E-state index is 13.5. The van der Waals surface area contributed by atoms with Gasteiger partial charge in [0, 0.05) is 41.5 Å². The maximum absolute atomic E-state index is 13.5. The molecular weight excluding hydrogens is 459 g/mol. The van der Waals surface area contributed by atoms with E-state index in [2.05, 4.69) is 15.2 Å². The van der Waals surface area contributed by atoms with Crippen LogP contribution in [-0.2, 0) is 20.4 Å². The lowest BCUT2D eigenvalue weighted by Gasteiger charge is -2.20. The quantitative estimate of drug-likeness (QED) is 0.409. The molecule has 31 heavy (non-hydrogen) atoms. The van der Waals surface area contributed by atoms with E-state index in [1.807, 2.05) is 0 Å². The number of amides is 1. The highest BCUT2D eigenvalue weighted by Gasteiger charge is 2.57. The van der Waals surface area contributed by atoms with Gasteiger partial charge in [0.2, 0.25) is 0 Å². The highest BCUT2D eigenvalue weighted by Crippen LogP contribution is 2.48. The Hall–Kier alpha value is -2.47. The lowest BCUT2D eigenvalue weighted by molar-refractivity contribution is -0.112. The zero-order chi connectivity index (χ0) is 22.8.